The number of hydrogen-bond donors (Lipinski definition) is 2. The van der Waals surface area contributed by atoms with Gasteiger partial charge < -0.3 is 19.6 Å². The predicted molar refractivity (Wildman–Crippen MR) is 124 cm³/mol. The summed E-state index contributed by atoms with van der Waals surface area (Å²) in [6.45, 7) is 3.11. The van der Waals surface area contributed by atoms with E-state index < -0.39 is 4.92 Å². The number of nitro groups is 1. The summed E-state index contributed by atoms with van der Waals surface area (Å²) in [5.41, 5.74) is 5.23. The van der Waals surface area contributed by atoms with Gasteiger partial charge in [0, 0.05) is 36.4 Å². The molecule has 0 aliphatic carbocycles. The number of carbonyl (C=O) groups excluding carboxylic acids is 2. The monoisotopic (exact) mass is 445 g/mol. The van der Waals surface area contributed by atoms with Crippen LogP contribution in [-0.2, 0) is 22.4 Å². The zero-order chi connectivity index (χ0) is 23.5. The molecular formula is C24H23N5O4. The lowest BCUT2D eigenvalue weighted by molar-refractivity contribution is -0.384. The van der Waals surface area contributed by atoms with Gasteiger partial charge >= 0.3 is 0 Å². The Hall–Kier alpha value is -4.14. The minimum absolute atomic E-state index is 0.0597. The number of nitrogens with one attached hydrogen (secondary N) is 2. The molecule has 0 unspecified atom stereocenters. The maximum atomic E-state index is 11.3. The molecule has 0 bridgehead atoms. The Kier molecular flexibility index (Phi) is 6.12. The van der Waals surface area contributed by atoms with Crippen molar-refractivity contribution in [2.75, 3.05) is 0 Å². The van der Waals surface area contributed by atoms with Crippen LogP contribution in [0.1, 0.15) is 38.1 Å². The molecule has 0 spiro atoms. The van der Waals surface area contributed by atoms with E-state index in [1.807, 2.05) is 24.3 Å². The fraction of sp³-hybridized carbons (Fsp3) is 0.250. The fourth-order valence-electron chi connectivity index (χ4n) is 3.60. The normalized spacial score (nSPS) is 11.1. The summed E-state index contributed by atoms with van der Waals surface area (Å²) in [4.78, 5) is 49.5. The number of fused-ring (bicyclic) bond motifs is 1. The summed E-state index contributed by atoms with van der Waals surface area (Å²) in [5, 5.41) is 11.2. The second-order valence-electron chi connectivity index (χ2n) is 8.05. The van der Waals surface area contributed by atoms with Crippen molar-refractivity contribution in [1.29, 1.82) is 0 Å². The molecule has 9 nitrogen and oxygen atoms in total. The summed E-state index contributed by atoms with van der Waals surface area (Å²) < 4.78 is 0. The molecule has 0 amide bonds. The van der Waals surface area contributed by atoms with E-state index in [2.05, 4.69) is 9.97 Å². The first kappa shape index (κ1) is 22.1. The number of aromatic amines is 2. The van der Waals surface area contributed by atoms with Crippen LogP contribution < -0.4 is 0 Å². The molecule has 0 radical (unpaired) electrons. The number of nitrogens with zero attached hydrogens (tertiary/aromatic N) is 3. The zero-order valence-corrected chi connectivity index (χ0v) is 18.3. The molecule has 4 rings (SSSR count). The van der Waals surface area contributed by atoms with E-state index in [-0.39, 0.29) is 17.3 Å². The van der Waals surface area contributed by atoms with E-state index in [1.54, 1.807) is 19.9 Å². The number of hydrogen-bond acceptors (Lipinski definition) is 6. The summed E-state index contributed by atoms with van der Waals surface area (Å²) >= 11 is 0. The largest absolute Gasteiger partial charge is 0.357 e. The third-order valence-electron chi connectivity index (χ3n) is 5.35. The van der Waals surface area contributed by atoms with Crippen LogP contribution in [-0.4, -0.2) is 36.4 Å². The highest BCUT2D eigenvalue weighted by Crippen LogP contribution is 2.31. The number of ketones is 2. The van der Waals surface area contributed by atoms with Gasteiger partial charge in [-0.2, -0.15) is 0 Å². The second kappa shape index (κ2) is 9.15. The number of non-ortho nitro benzene ring substituents is 1. The number of benzene rings is 1. The minimum Gasteiger partial charge on any atom is -0.357 e. The van der Waals surface area contributed by atoms with E-state index in [4.69, 9.17) is 9.97 Å². The number of rotatable bonds is 9. The zero-order valence-electron chi connectivity index (χ0n) is 18.3. The molecule has 0 aliphatic heterocycles. The van der Waals surface area contributed by atoms with Crippen LogP contribution in [0.2, 0.25) is 0 Å². The van der Waals surface area contributed by atoms with E-state index >= 15 is 0 Å². The van der Waals surface area contributed by atoms with Gasteiger partial charge in [-0.15, -0.1) is 0 Å². The number of nitro benzene ring substituents is 1. The Morgan fingerprint density at radius 3 is 1.82 bits per heavy atom. The summed E-state index contributed by atoms with van der Waals surface area (Å²) in [6, 6.07) is 12.0. The molecule has 1 aromatic carbocycles. The maximum absolute atomic E-state index is 11.3. The van der Waals surface area contributed by atoms with Crippen molar-refractivity contribution in [2.45, 2.75) is 39.5 Å². The van der Waals surface area contributed by atoms with Crippen LogP contribution in [0.15, 0.2) is 42.5 Å². The molecule has 2 N–H and O–H groups in total. The average molecular weight is 445 g/mol. The highest BCUT2D eigenvalue weighted by Gasteiger charge is 2.18. The van der Waals surface area contributed by atoms with Crippen LogP contribution >= 0.6 is 0 Å². The predicted octanol–water partition coefficient (Wildman–Crippen LogP) is 4.57. The Morgan fingerprint density at radius 2 is 1.33 bits per heavy atom. The standard InChI is InChI=1S/C24H23N5O4/c1-14(30)3-5-16-7-10-20(25-16)23-24(21-11-8-17(26-21)6-4-15(2)31)28-22-13-18(29(32)33)9-12-19(22)27-23/h7-13,25-26H,3-6H2,1-2H3. The van der Waals surface area contributed by atoms with Gasteiger partial charge in [0.25, 0.3) is 5.69 Å². The Bertz CT molecular complexity index is 1370. The van der Waals surface area contributed by atoms with Crippen LogP contribution in [0.25, 0.3) is 33.8 Å². The maximum Gasteiger partial charge on any atom is 0.271 e. The van der Waals surface area contributed by atoms with Crippen molar-refractivity contribution in [2.24, 2.45) is 0 Å². The van der Waals surface area contributed by atoms with Gasteiger partial charge in [-0.1, -0.05) is 0 Å². The van der Waals surface area contributed by atoms with Crippen LogP contribution in [0.5, 0.6) is 0 Å². The van der Waals surface area contributed by atoms with Gasteiger partial charge in [-0.05, 0) is 57.0 Å². The molecule has 4 aromatic rings. The van der Waals surface area contributed by atoms with Gasteiger partial charge in [-0.25, -0.2) is 9.97 Å². The average Bonchev–Trinajstić information content (AvgIpc) is 3.44. The third-order valence-corrected chi connectivity index (χ3v) is 5.35. The molecule has 3 aromatic heterocycles. The van der Waals surface area contributed by atoms with Crippen LogP contribution in [0.4, 0.5) is 5.69 Å². The van der Waals surface area contributed by atoms with Crippen molar-refractivity contribution in [1.82, 2.24) is 19.9 Å². The molecule has 9 heteroatoms. The smallest absolute Gasteiger partial charge is 0.271 e. The lowest BCUT2D eigenvalue weighted by atomic mass is 10.1. The molecule has 3 heterocycles. The van der Waals surface area contributed by atoms with Crippen LogP contribution in [0, 0.1) is 10.1 Å². The first-order chi connectivity index (χ1) is 15.8. The molecule has 0 aliphatic rings. The SMILES string of the molecule is CC(=O)CCc1ccc(-c2nc3ccc([N+](=O)[O-])cc3nc2-c2ccc(CCC(C)=O)[nH]2)[nH]1. The van der Waals surface area contributed by atoms with E-state index in [9.17, 15) is 19.7 Å². The molecule has 0 atom stereocenters. The van der Waals surface area contributed by atoms with Crippen molar-refractivity contribution >= 4 is 28.3 Å². The number of aromatic nitrogens is 4. The van der Waals surface area contributed by atoms with E-state index in [0.29, 0.717) is 53.8 Å². The fourth-order valence-corrected chi connectivity index (χ4v) is 3.60. The quantitative estimate of drug-likeness (QED) is 0.286. The third kappa shape index (κ3) is 5.03. The van der Waals surface area contributed by atoms with Crippen molar-refractivity contribution < 1.29 is 14.5 Å². The molecule has 0 saturated carbocycles. The number of carbonyl (C=O) groups is 2. The summed E-state index contributed by atoms with van der Waals surface area (Å²) in [6.07, 6.45) is 2.04. The van der Waals surface area contributed by atoms with Gasteiger partial charge in [0.2, 0.25) is 0 Å². The summed E-state index contributed by atoms with van der Waals surface area (Å²) in [5.74, 6) is 0.220. The van der Waals surface area contributed by atoms with Gasteiger partial charge in [0.1, 0.15) is 23.0 Å². The lowest BCUT2D eigenvalue weighted by Crippen LogP contribution is -1.99. The number of aryl methyl sites for hydroxylation is 2. The van der Waals surface area contributed by atoms with Crippen LogP contribution in [0.3, 0.4) is 0 Å². The molecule has 0 fully saturated rings. The number of Topliss-reactive ketones (excluding diaryl/α,β-unsaturated/α-hetero) is 2. The minimum atomic E-state index is -0.463. The lowest BCUT2D eigenvalue weighted by Gasteiger charge is -2.08. The van der Waals surface area contributed by atoms with Crippen molar-refractivity contribution in [3.05, 3.63) is 64.0 Å². The molecule has 168 valence electrons. The van der Waals surface area contributed by atoms with E-state index in [1.165, 1.54) is 12.1 Å². The highest BCUT2D eigenvalue weighted by atomic mass is 16.6. The topological polar surface area (TPSA) is 135 Å². The van der Waals surface area contributed by atoms with E-state index in [0.717, 1.165) is 17.1 Å². The van der Waals surface area contributed by atoms with Gasteiger partial charge in [0.15, 0.2) is 0 Å². The second-order valence-corrected chi connectivity index (χ2v) is 8.05. The Balaban J connectivity index is 1.80. The first-order valence-electron chi connectivity index (χ1n) is 10.6. The van der Waals surface area contributed by atoms with Crippen molar-refractivity contribution in [3.63, 3.8) is 0 Å². The molecule has 33 heavy (non-hydrogen) atoms. The van der Waals surface area contributed by atoms with Gasteiger partial charge in [-0.3, -0.25) is 10.1 Å². The van der Waals surface area contributed by atoms with Crippen molar-refractivity contribution in [3.8, 4) is 22.8 Å². The number of H-pyrrole nitrogens is 2. The molecular weight excluding hydrogens is 422 g/mol. The highest BCUT2D eigenvalue weighted by molar-refractivity contribution is 5.86. The molecule has 0 saturated heterocycles. The Morgan fingerprint density at radius 1 is 0.818 bits per heavy atom. The Labute approximate surface area is 189 Å². The summed E-state index contributed by atoms with van der Waals surface area (Å²) in [7, 11) is 0. The first-order valence-corrected chi connectivity index (χ1v) is 10.6. The van der Waals surface area contributed by atoms with Gasteiger partial charge in [0.05, 0.1) is 27.3 Å².